The average molecular weight is 190 g/mol. The molecule has 0 aromatic carbocycles. The normalized spacial score (nSPS) is 7.50. The Kier molecular flexibility index (Phi) is 24.6. The molecular weight excluding hydrogens is 179 g/mol. The molecule has 0 saturated heterocycles. The molecule has 8 heavy (non-hydrogen) atoms. The fraction of sp³-hybridized carbons (Fsp3) is 0. The van der Waals surface area contributed by atoms with Gasteiger partial charge in [-0.05, 0) is 0 Å². The predicted molar refractivity (Wildman–Crippen MR) is 37.9 cm³/mol. The molecule has 6 N–H and O–H groups in total. The second-order valence-electron chi connectivity index (χ2n) is 0.600. The second kappa shape index (κ2) is 8.71. The molecule has 0 aromatic heterocycles. The summed E-state index contributed by atoms with van der Waals surface area (Å²) in [6, 6.07) is 0. The van der Waals surface area contributed by atoms with Gasteiger partial charge in [-0.25, -0.2) is 0 Å². The van der Waals surface area contributed by atoms with Gasteiger partial charge in [-0.2, -0.15) is 9.90 Å². The summed E-state index contributed by atoms with van der Waals surface area (Å²) in [7, 11) is -4.61. The van der Waals surface area contributed by atoms with Crippen LogP contribution in [0.2, 0.25) is 0 Å². The summed E-state index contributed by atoms with van der Waals surface area (Å²) >= 11 is 0. The van der Waals surface area contributed by atoms with Gasteiger partial charge >= 0.3 is 46.8 Å². The molecule has 0 aromatic rings. The minimum atomic E-state index is -4.61. The molecular formula is H11CaO5PSi. The first kappa shape index (κ1) is 22.6. The monoisotopic (exact) mass is 190 g/mol. The van der Waals surface area contributed by atoms with Crippen molar-refractivity contribution in [3.05, 3.63) is 0 Å². The molecule has 0 amide bonds. The average Bonchev–Trinajstić information content (AvgIpc) is 0.722. The number of hydrogen-bond donors (Lipinski definition) is 4. The first-order valence-corrected chi connectivity index (χ1v) is 2.68. The summed E-state index contributed by atoms with van der Waals surface area (Å²) in [6.45, 7) is 0. The third kappa shape index (κ3) is 119. The van der Waals surface area contributed by atoms with Crippen LogP contribution in [0.1, 0.15) is 0 Å². The van der Waals surface area contributed by atoms with Crippen molar-refractivity contribution in [2.24, 2.45) is 0 Å². The molecule has 0 spiro atoms. The van der Waals surface area contributed by atoms with Gasteiger partial charge < -0.3 is 24.7 Å². The Balaban J connectivity index is -0.0000000267. The van der Waals surface area contributed by atoms with Crippen LogP contribution in [-0.4, -0.2) is 71.4 Å². The Morgan fingerprint density at radius 1 is 0.875 bits per heavy atom. The molecule has 0 rings (SSSR count). The third-order valence-electron chi connectivity index (χ3n) is 0. The summed E-state index contributed by atoms with van der Waals surface area (Å²) in [6.07, 6.45) is 0. The van der Waals surface area contributed by atoms with Crippen molar-refractivity contribution in [1.29, 1.82) is 0 Å². The fourth-order valence-corrected chi connectivity index (χ4v) is 0. The van der Waals surface area contributed by atoms with E-state index in [9.17, 15) is 0 Å². The Morgan fingerprint density at radius 3 is 0.875 bits per heavy atom. The Morgan fingerprint density at radius 2 is 0.875 bits per heavy atom. The van der Waals surface area contributed by atoms with Crippen LogP contribution in [0.5, 0.6) is 0 Å². The van der Waals surface area contributed by atoms with E-state index in [4.69, 9.17) is 19.2 Å². The Bertz CT molecular complexity index is 27.9. The van der Waals surface area contributed by atoms with Gasteiger partial charge in [-0.15, -0.1) is 0 Å². The molecule has 0 aliphatic rings. The third-order valence-corrected chi connectivity index (χ3v) is 0. The van der Waals surface area contributed by atoms with E-state index in [1.54, 1.807) is 0 Å². The van der Waals surface area contributed by atoms with E-state index in [0.717, 1.165) is 0 Å². The van der Waals surface area contributed by atoms with Crippen LogP contribution in [0.3, 0.4) is 0 Å². The van der Waals surface area contributed by atoms with Gasteiger partial charge in [0.15, 0.2) is 0 Å². The van der Waals surface area contributed by atoms with E-state index < -0.39 is 9.05 Å². The van der Waals surface area contributed by atoms with Gasteiger partial charge in [0.2, 0.25) is 0 Å². The Labute approximate surface area is 80.8 Å². The first-order chi connectivity index (χ1) is 2.00. The maximum absolute atomic E-state index is 7.33. The zero-order valence-corrected chi connectivity index (χ0v) is 5.91. The van der Waals surface area contributed by atoms with Gasteiger partial charge in [0, 0.05) is 0 Å². The van der Waals surface area contributed by atoms with Crippen LogP contribution >= 0.6 is 9.90 Å². The van der Waals surface area contributed by atoms with Gasteiger partial charge in [0.1, 0.15) is 0 Å². The fourth-order valence-electron chi connectivity index (χ4n) is 0. The van der Waals surface area contributed by atoms with Crippen LogP contribution in [0, 0.1) is 0 Å². The van der Waals surface area contributed by atoms with Crippen LogP contribution in [0.4, 0.5) is 0 Å². The predicted octanol–water partition coefficient (Wildman–Crippen LogP) is -4.29. The zero-order valence-electron chi connectivity index (χ0n) is 3.50. The van der Waals surface area contributed by atoms with E-state index in [0.29, 0.717) is 0 Å². The summed E-state index contributed by atoms with van der Waals surface area (Å²) in [5, 5.41) is 0. The standard InChI is InChI=1S/Ca.H4O4Si.H2O.H3P.2H/c;1-5(2,3)4;;;;/h;1-4H;1H2;1H3;;. The molecule has 0 aliphatic carbocycles. The van der Waals surface area contributed by atoms with Crippen LogP contribution in [0.15, 0.2) is 0 Å². The topological polar surface area (TPSA) is 112 Å². The van der Waals surface area contributed by atoms with Crippen molar-refractivity contribution in [2.45, 2.75) is 0 Å². The van der Waals surface area contributed by atoms with E-state index in [-0.39, 0.29) is 53.1 Å². The molecule has 8 heteroatoms. The molecule has 0 aliphatic heterocycles. The van der Waals surface area contributed by atoms with E-state index in [1.165, 1.54) is 0 Å². The van der Waals surface area contributed by atoms with Crippen LogP contribution < -0.4 is 0 Å². The van der Waals surface area contributed by atoms with Crippen LogP contribution in [0.25, 0.3) is 0 Å². The van der Waals surface area contributed by atoms with Crippen molar-refractivity contribution in [3.8, 4) is 0 Å². The van der Waals surface area contributed by atoms with Crippen molar-refractivity contribution in [1.82, 2.24) is 0 Å². The summed E-state index contributed by atoms with van der Waals surface area (Å²) in [5.41, 5.74) is 0. The molecule has 0 radical (unpaired) electrons. The van der Waals surface area contributed by atoms with Crippen molar-refractivity contribution >= 4 is 56.7 Å². The molecule has 1 unspecified atom stereocenters. The number of hydrogen-bond acceptors (Lipinski definition) is 4. The Hall–Kier alpha value is 1.71. The SMILES string of the molecule is O.O[Si](O)(O)O.P.[CaH2]. The second-order valence-corrected chi connectivity index (χ2v) is 1.80. The summed E-state index contributed by atoms with van der Waals surface area (Å²) < 4.78 is 0. The first-order valence-electron chi connectivity index (χ1n) is 0.894. The molecule has 0 saturated carbocycles. The molecule has 52 valence electrons. The zero-order chi connectivity index (χ0) is 4.50. The minimum absolute atomic E-state index is 0. The maximum atomic E-state index is 7.33. The molecule has 0 heterocycles. The van der Waals surface area contributed by atoms with Crippen molar-refractivity contribution < 1.29 is 24.7 Å². The van der Waals surface area contributed by atoms with Gasteiger partial charge in [-0.3, -0.25) is 0 Å². The van der Waals surface area contributed by atoms with Gasteiger partial charge in [-0.1, -0.05) is 0 Å². The molecule has 0 fully saturated rings. The van der Waals surface area contributed by atoms with Gasteiger partial charge in [0.25, 0.3) is 0 Å². The van der Waals surface area contributed by atoms with Crippen molar-refractivity contribution in [3.63, 3.8) is 0 Å². The quantitative estimate of drug-likeness (QED) is 0.229. The number of rotatable bonds is 0. The molecule has 1 atom stereocenters. The summed E-state index contributed by atoms with van der Waals surface area (Å²) in [5.74, 6) is 0. The summed E-state index contributed by atoms with van der Waals surface area (Å²) in [4.78, 5) is 29.3. The van der Waals surface area contributed by atoms with E-state index in [1.807, 2.05) is 0 Å². The van der Waals surface area contributed by atoms with E-state index >= 15 is 0 Å². The molecule has 0 bridgehead atoms. The van der Waals surface area contributed by atoms with E-state index in [2.05, 4.69) is 0 Å². The van der Waals surface area contributed by atoms with Gasteiger partial charge in [0.05, 0.1) is 0 Å². The van der Waals surface area contributed by atoms with Crippen molar-refractivity contribution in [2.75, 3.05) is 0 Å². The van der Waals surface area contributed by atoms with Crippen LogP contribution in [-0.2, 0) is 0 Å². The molecule has 5 nitrogen and oxygen atoms in total.